The Morgan fingerprint density at radius 1 is 1.18 bits per heavy atom. The van der Waals surface area contributed by atoms with Crippen molar-refractivity contribution < 1.29 is 28.4 Å². The average molecular weight is 458 g/mol. The highest BCUT2D eigenvalue weighted by Crippen LogP contribution is 2.23. The van der Waals surface area contributed by atoms with Gasteiger partial charge in [0.1, 0.15) is 11.5 Å². The number of nitrogens with one attached hydrogen (secondary N) is 1. The molecule has 1 aromatic heterocycles. The Kier molecular flexibility index (Phi) is 8.08. The van der Waals surface area contributed by atoms with E-state index in [0.717, 1.165) is 19.3 Å². The number of ether oxygens (including phenoxy) is 2. The molecule has 1 aliphatic rings. The van der Waals surface area contributed by atoms with Gasteiger partial charge in [0.2, 0.25) is 0 Å². The molecule has 1 fully saturated rings. The van der Waals surface area contributed by atoms with Crippen molar-refractivity contribution in [3.63, 3.8) is 0 Å². The number of aryl methyl sites for hydroxylation is 1. The topological polar surface area (TPSA) is 111 Å². The number of anilines is 1. The van der Waals surface area contributed by atoms with E-state index < -0.39 is 18.0 Å². The van der Waals surface area contributed by atoms with Crippen molar-refractivity contribution in [2.45, 2.75) is 71.6 Å². The SMILES string of the molecule is CC[C@@H](OC(=O)c1ccc(OCC(=O)N2[C@H](C)CCC[C@@H]2C)cc1)C(=O)Nc1cc(C)on1. The molecule has 9 nitrogen and oxygen atoms in total. The first kappa shape index (κ1) is 24.3. The minimum Gasteiger partial charge on any atom is -0.484 e. The Labute approximate surface area is 193 Å². The number of hydrogen-bond donors (Lipinski definition) is 1. The molecule has 178 valence electrons. The molecule has 1 aliphatic heterocycles. The fourth-order valence-corrected chi connectivity index (χ4v) is 3.97. The summed E-state index contributed by atoms with van der Waals surface area (Å²) < 4.78 is 15.9. The van der Waals surface area contributed by atoms with E-state index in [-0.39, 0.29) is 36.0 Å². The third-order valence-electron chi connectivity index (χ3n) is 5.73. The zero-order valence-corrected chi connectivity index (χ0v) is 19.5. The maximum Gasteiger partial charge on any atom is 0.338 e. The fraction of sp³-hybridized carbons (Fsp3) is 0.500. The average Bonchev–Trinajstić information content (AvgIpc) is 3.20. The second-order valence-corrected chi connectivity index (χ2v) is 8.36. The van der Waals surface area contributed by atoms with Crippen molar-refractivity contribution in [1.82, 2.24) is 10.1 Å². The van der Waals surface area contributed by atoms with Crippen molar-refractivity contribution in [3.05, 3.63) is 41.7 Å². The maximum absolute atomic E-state index is 12.6. The van der Waals surface area contributed by atoms with Crippen LogP contribution in [0.15, 0.2) is 34.9 Å². The van der Waals surface area contributed by atoms with E-state index >= 15 is 0 Å². The molecule has 0 radical (unpaired) electrons. The lowest BCUT2D eigenvalue weighted by Gasteiger charge is -2.38. The van der Waals surface area contributed by atoms with Gasteiger partial charge < -0.3 is 24.2 Å². The van der Waals surface area contributed by atoms with Gasteiger partial charge in [0.15, 0.2) is 18.5 Å². The van der Waals surface area contributed by atoms with Crippen LogP contribution in [0.2, 0.25) is 0 Å². The van der Waals surface area contributed by atoms with E-state index in [1.165, 1.54) is 0 Å². The number of esters is 1. The third kappa shape index (κ3) is 6.34. The summed E-state index contributed by atoms with van der Waals surface area (Å²) in [6.45, 7) is 7.51. The quantitative estimate of drug-likeness (QED) is 0.601. The van der Waals surface area contributed by atoms with Gasteiger partial charge in [-0.25, -0.2) is 4.79 Å². The molecule has 1 aromatic carbocycles. The molecular formula is C24H31N3O6. The Hall–Kier alpha value is -3.36. The van der Waals surface area contributed by atoms with E-state index in [4.69, 9.17) is 14.0 Å². The number of aromatic nitrogens is 1. The van der Waals surface area contributed by atoms with Crippen LogP contribution in [0.4, 0.5) is 5.82 Å². The van der Waals surface area contributed by atoms with Crippen LogP contribution in [0.5, 0.6) is 5.75 Å². The molecule has 2 aromatic rings. The highest BCUT2D eigenvalue weighted by Gasteiger charge is 2.29. The zero-order valence-electron chi connectivity index (χ0n) is 19.5. The molecule has 3 rings (SSSR count). The minimum absolute atomic E-state index is 0.0442. The van der Waals surface area contributed by atoms with Crippen molar-refractivity contribution in [2.24, 2.45) is 0 Å². The number of likely N-dealkylation sites (tertiary alicyclic amines) is 1. The predicted octanol–water partition coefficient (Wildman–Crippen LogP) is 3.73. The first-order valence-corrected chi connectivity index (χ1v) is 11.3. The van der Waals surface area contributed by atoms with E-state index in [1.54, 1.807) is 44.2 Å². The van der Waals surface area contributed by atoms with Crippen molar-refractivity contribution in [1.29, 1.82) is 0 Å². The molecule has 0 bridgehead atoms. The Balaban J connectivity index is 1.52. The molecule has 2 heterocycles. The normalized spacial score (nSPS) is 19.0. The van der Waals surface area contributed by atoms with Gasteiger partial charge in [-0.1, -0.05) is 12.1 Å². The molecule has 1 N–H and O–H groups in total. The summed E-state index contributed by atoms with van der Waals surface area (Å²) in [5, 5.41) is 6.26. The van der Waals surface area contributed by atoms with Crippen LogP contribution in [0.25, 0.3) is 0 Å². The number of carbonyl (C=O) groups excluding carboxylic acids is 3. The fourth-order valence-electron chi connectivity index (χ4n) is 3.97. The summed E-state index contributed by atoms with van der Waals surface area (Å²) in [6.07, 6.45) is 2.45. The van der Waals surface area contributed by atoms with Crippen LogP contribution in [0.3, 0.4) is 0 Å². The molecule has 1 saturated heterocycles. The smallest absolute Gasteiger partial charge is 0.338 e. The van der Waals surface area contributed by atoms with Gasteiger partial charge in [-0.2, -0.15) is 0 Å². The van der Waals surface area contributed by atoms with Crippen LogP contribution < -0.4 is 10.1 Å². The number of nitrogens with zero attached hydrogens (tertiary/aromatic N) is 2. The number of benzene rings is 1. The van der Waals surface area contributed by atoms with E-state index in [0.29, 0.717) is 17.9 Å². The first-order chi connectivity index (χ1) is 15.8. The van der Waals surface area contributed by atoms with E-state index in [9.17, 15) is 14.4 Å². The lowest BCUT2D eigenvalue weighted by molar-refractivity contribution is -0.139. The Bertz CT molecular complexity index is 961. The second kappa shape index (κ2) is 11.0. The first-order valence-electron chi connectivity index (χ1n) is 11.3. The highest BCUT2D eigenvalue weighted by molar-refractivity contribution is 5.97. The van der Waals surface area contributed by atoms with Crippen molar-refractivity contribution in [2.75, 3.05) is 11.9 Å². The third-order valence-corrected chi connectivity index (χ3v) is 5.73. The van der Waals surface area contributed by atoms with E-state index in [2.05, 4.69) is 24.3 Å². The van der Waals surface area contributed by atoms with Gasteiger partial charge in [-0.05, 0) is 70.7 Å². The Morgan fingerprint density at radius 2 is 1.85 bits per heavy atom. The van der Waals surface area contributed by atoms with Crippen LogP contribution in [0.1, 0.15) is 62.6 Å². The van der Waals surface area contributed by atoms with Crippen LogP contribution >= 0.6 is 0 Å². The van der Waals surface area contributed by atoms with Crippen molar-refractivity contribution in [3.8, 4) is 5.75 Å². The highest BCUT2D eigenvalue weighted by atomic mass is 16.5. The number of rotatable bonds is 8. The van der Waals surface area contributed by atoms with Gasteiger partial charge >= 0.3 is 5.97 Å². The van der Waals surface area contributed by atoms with Gasteiger partial charge in [-0.15, -0.1) is 0 Å². The standard InChI is InChI=1S/C24H31N3O6/c1-5-20(23(29)25-21-13-17(4)33-26-21)32-24(30)18-9-11-19(12-10-18)31-14-22(28)27-15(2)7-6-8-16(27)3/h9-13,15-16,20H,5-8,14H2,1-4H3,(H,25,26,29)/t15-,16+,20-/m1/s1. The lowest BCUT2D eigenvalue weighted by atomic mass is 9.97. The summed E-state index contributed by atoms with van der Waals surface area (Å²) in [5.41, 5.74) is 0.274. The number of carbonyl (C=O) groups is 3. The van der Waals surface area contributed by atoms with Gasteiger partial charge in [0.05, 0.1) is 5.56 Å². The summed E-state index contributed by atoms with van der Waals surface area (Å²) in [5.74, 6) is 0.127. The van der Waals surface area contributed by atoms with Crippen LogP contribution in [-0.2, 0) is 14.3 Å². The van der Waals surface area contributed by atoms with Crippen LogP contribution in [-0.4, -0.2) is 52.6 Å². The Morgan fingerprint density at radius 3 is 2.42 bits per heavy atom. The second-order valence-electron chi connectivity index (χ2n) is 8.36. The number of amides is 2. The van der Waals surface area contributed by atoms with Gasteiger partial charge in [-0.3, -0.25) is 9.59 Å². The molecule has 0 unspecified atom stereocenters. The summed E-state index contributed by atoms with van der Waals surface area (Å²) in [4.78, 5) is 39.4. The molecule has 2 amide bonds. The van der Waals surface area contributed by atoms with E-state index in [1.807, 2.05) is 4.90 Å². The molecule has 0 saturated carbocycles. The molecule has 9 heteroatoms. The predicted molar refractivity (Wildman–Crippen MR) is 121 cm³/mol. The zero-order chi connectivity index (χ0) is 24.0. The maximum atomic E-state index is 12.6. The summed E-state index contributed by atoms with van der Waals surface area (Å²) in [7, 11) is 0. The molecule has 0 aliphatic carbocycles. The van der Waals surface area contributed by atoms with Crippen molar-refractivity contribution >= 4 is 23.6 Å². The lowest BCUT2D eigenvalue weighted by Crippen LogP contribution is -2.49. The molecule has 0 spiro atoms. The molecular weight excluding hydrogens is 426 g/mol. The number of hydrogen-bond acceptors (Lipinski definition) is 7. The largest absolute Gasteiger partial charge is 0.484 e. The van der Waals surface area contributed by atoms with Gasteiger partial charge in [0, 0.05) is 18.2 Å². The summed E-state index contributed by atoms with van der Waals surface area (Å²) >= 11 is 0. The minimum atomic E-state index is -0.975. The number of piperidine rings is 1. The monoisotopic (exact) mass is 457 g/mol. The van der Waals surface area contributed by atoms with Gasteiger partial charge in [0.25, 0.3) is 11.8 Å². The van der Waals surface area contributed by atoms with Crippen LogP contribution in [0, 0.1) is 6.92 Å². The molecule has 33 heavy (non-hydrogen) atoms. The molecule has 3 atom stereocenters. The summed E-state index contributed by atoms with van der Waals surface area (Å²) in [6, 6.07) is 8.28.